The number of fused-ring (bicyclic) bond motifs is 1. The van der Waals surface area contributed by atoms with E-state index in [1.165, 1.54) is 0 Å². The van der Waals surface area contributed by atoms with Crippen LogP contribution in [0, 0.1) is 5.82 Å². The van der Waals surface area contributed by atoms with Gasteiger partial charge in [-0.15, -0.1) is 0 Å². The molecule has 2 aromatic carbocycles. The summed E-state index contributed by atoms with van der Waals surface area (Å²) in [7, 11) is 0. The zero-order valence-electron chi connectivity index (χ0n) is 10.1. The fourth-order valence-electron chi connectivity index (χ4n) is 2.01. The van der Waals surface area contributed by atoms with Crippen molar-refractivity contribution >= 4 is 11.0 Å². The van der Waals surface area contributed by atoms with Gasteiger partial charge in [0.15, 0.2) is 16.8 Å². The molecule has 0 aliphatic rings. The summed E-state index contributed by atoms with van der Waals surface area (Å²) in [6, 6.07) is 10.5. The van der Waals surface area contributed by atoms with Crippen LogP contribution in [0.1, 0.15) is 0 Å². The van der Waals surface area contributed by atoms with Crippen LogP contribution in [0.4, 0.5) is 4.39 Å². The molecule has 1 heterocycles. The highest BCUT2D eigenvalue weighted by Gasteiger charge is 2.17. The molecule has 3 rings (SSSR count). The molecule has 0 radical (unpaired) electrons. The van der Waals surface area contributed by atoms with Crippen molar-refractivity contribution in [3.8, 4) is 22.8 Å². The summed E-state index contributed by atoms with van der Waals surface area (Å²) < 4.78 is 19.1. The van der Waals surface area contributed by atoms with E-state index in [0.29, 0.717) is 11.6 Å². The van der Waals surface area contributed by atoms with Crippen molar-refractivity contribution in [1.29, 1.82) is 0 Å². The molecular formula is C15H9FO4. The Labute approximate surface area is 112 Å². The Balaban J connectivity index is 2.40. The second-order valence-corrected chi connectivity index (χ2v) is 4.27. The Morgan fingerprint density at radius 1 is 1.05 bits per heavy atom. The first kappa shape index (κ1) is 12.2. The van der Waals surface area contributed by atoms with E-state index in [-0.39, 0.29) is 16.7 Å². The standard InChI is InChI=1S/C15H9FO4/c16-9-6-11(18)14(19)15-13(9)10(17)7-12(20-15)8-4-2-1-3-5-8/h1-7,18-19H. The third-order valence-corrected chi connectivity index (χ3v) is 2.97. The van der Waals surface area contributed by atoms with E-state index in [1.807, 2.05) is 0 Å². The number of benzene rings is 2. The van der Waals surface area contributed by atoms with Crippen LogP contribution in [-0.2, 0) is 0 Å². The molecule has 3 aromatic rings. The predicted octanol–water partition coefficient (Wildman–Crippen LogP) is 3.01. The van der Waals surface area contributed by atoms with Crippen LogP contribution >= 0.6 is 0 Å². The highest BCUT2D eigenvalue weighted by atomic mass is 19.1. The number of hydrogen-bond acceptors (Lipinski definition) is 4. The van der Waals surface area contributed by atoms with Gasteiger partial charge in [-0.05, 0) is 0 Å². The Morgan fingerprint density at radius 3 is 2.45 bits per heavy atom. The van der Waals surface area contributed by atoms with Gasteiger partial charge in [-0.3, -0.25) is 4.79 Å². The average molecular weight is 272 g/mol. The Hall–Kier alpha value is -2.82. The highest BCUT2D eigenvalue weighted by molar-refractivity contribution is 5.86. The lowest BCUT2D eigenvalue weighted by Crippen LogP contribution is -2.03. The molecule has 2 N–H and O–H groups in total. The Morgan fingerprint density at radius 2 is 1.75 bits per heavy atom. The molecule has 5 heteroatoms. The van der Waals surface area contributed by atoms with Crippen LogP contribution in [0.5, 0.6) is 11.5 Å². The molecule has 0 fully saturated rings. The van der Waals surface area contributed by atoms with E-state index in [9.17, 15) is 19.4 Å². The van der Waals surface area contributed by atoms with Crippen molar-refractivity contribution < 1.29 is 19.0 Å². The summed E-state index contributed by atoms with van der Waals surface area (Å²) in [6.45, 7) is 0. The van der Waals surface area contributed by atoms with E-state index in [0.717, 1.165) is 6.07 Å². The van der Waals surface area contributed by atoms with Crippen LogP contribution in [0.25, 0.3) is 22.3 Å². The van der Waals surface area contributed by atoms with Gasteiger partial charge in [-0.25, -0.2) is 4.39 Å². The number of rotatable bonds is 1. The van der Waals surface area contributed by atoms with Gasteiger partial charge in [0.2, 0.25) is 5.75 Å². The molecule has 1 aromatic heterocycles. The lowest BCUT2D eigenvalue weighted by atomic mass is 10.1. The number of halogens is 1. The third-order valence-electron chi connectivity index (χ3n) is 2.97. The van der Waals surface area contributed by atoms with Gasteiger partial charge in [0.1, 0.15) is 17.0 Å². The van der Waals surface area contributed by atoms with Crippen LogP contribution in [0.3, 0.4) is 0 Å². The number of aromatic hydroxyl groups is 2. The van der Waals surface area contributed by atoms with Gasteiger partial charge >= 0.3 is 0 Å². The van der Waals surface area contributed by atoms with E-state index in [4.69, 9.17) is 4.42 Å². The predicted molar refractivity (Wildman–Crippen MR) is 71.2 cm³/mol. The topological polar surface area (TPSA) is 70.7 Å². The number of phenols is 2. The van der Waals surface area contributed by atoms with Crippen LogP contribution < -0.4 is 5.43 Å². The van der Waals surface area contributed by atoms with Gasteiger partial charge < -0.3 is 14.6 Å². The zero-order valence-corrected chi connectivity index (χ0v) is 10.1. The second-order valence-electron chi connectivity index (χ2n) is 4.27. The van der Waals surface area contributed by atoms with E-state index in [1.54, 1.807) is 30.3 Å². The molecule has 0 unspecified atom stereocenters. The van der Waals surface area contributed by atoms with Crippen molar-refractivity contribution in [2.75, 3.05) is 0 Å². The SMILES string of the molecule is O=c1cc(-c2ccccc2)oc2c(O)c(O)cc(F)c12. The molecule has 0 saturated carbocycles. The molecule has 0 spiro atoms. The first-order chi connectivity index (χ1) is 9.58. The van der Waals surface area contributed by atoms with Gasteiger partial charge in [0.25, 0.3) is 0 Å². The molecule has 0 aliphatic heterocycles. The minimum atomic E-state index is -0.941. The maximum Gasteiger partial charge on any atom is 0.202 e. The first-order valence-electron chi connectivity index (χ1n) is 5.81. The fourth-order valence-corrected chi connectivity index (χ4v) is 2.01. The minimum Gasteiger partial charge on any atom is -0.504 e. The molecule has 0 atom stereocenters. The molecule has 0 bridgehead atoms. The van der Waals surface area contributed by atoms with Crippen molar-refractivity contribution in [2.24, 2.45) is 0 Å². The summed E-state index contributed by atoms with van der Waals surface area (Å²) in [5.41, 5.74) is -0.388. The van der Waals surface area contributed by atoms with Crippen molar-refractivity contribution in [1.82, 2.24) is 0 Å². The molecule has 20 heavy (non-hydrogen) atoms. The van der Waals surface area contributed by atoms with E-state index >= 15 is 0 Å². The quantitative estimate of drug-likeness (QED) is 0.668. The molecular weight excluding hydrogens is 263 g/mol. The molecule has 0 saturated heterocycles. The monoisotopic (exact) mass is 272 g/mol. The molecule has 0 aliphatic carbocycles. The summed E-state index contributed by atoms with van der Waals surface area (Å²) in [6.07, 6.45) is 0. The summed E-state index contributed by atoms with van der Waals surface area (Å²) in [5, 5.41) is 18.7. The third kappa shape index (κ3) is 1.80. The smallest absolute Gasteiger partial charge is 0.202 e. The minimum absolute atomic E-state index is 0.184. The van der Waals surface area contributed by atoms with Crippen molar-refractivity contribution in [3.05, 3.63) is 58.5 Å². The summed E-state index contributed by atoms with van der Waals surface area (Å²) in [5.74, 6) is -2.09. The highest BCUT2D eigenvalue weighted by Crippen LogP contribution is 2.35. The summed E-state index contributed by atoms with van der Waals surface area (Å²) in [4.78, 5) is 12.0. The van der Waals surface area contributed by atoms with Gasteiger partial charge in [-0.1, -0.05) is 30.3 Å². The average Bonchev–Trinajstić information content (AvgIpc) is 2.45. The zero-order chi connectivity index (χ0) is 14.3. The Kier molecular flexibility index (Phi) is 2.68. The molecule has 0 amide bonds. The van der Waals surface area contributed by atoms with Gasteiger partial charge in [-0.2, -0.15) is 0 Å². The maximum absolute atomic E-state index is 13.7. The normalized spacial score (nSPS) is 10.8. The molecule has 100 valence electrons. The maximum atomic E-state index is 13.7. The van der Waals surface area contributed by atoms with Crippen LogP contribution in [0.2, 0.25) is 0 Å². The lowest BCUT2D eigenvalue weighted by Gasteiger charge is -2.06. The van der Waals surface area contributed by atoms with Crippen LogP contribution in [-0.4, -0.2) is 10.2 Å². The second kappa shape index (κ2) is 4.38. The van der Waals surface area contributed by atoms with Gasteiger partial charge in [0, 0.05) is 17.7 Å². The van der Waals surface area contributed by atoms with Crippen molar-refractivity contribution in [2.45, 2.75) is 0 Å². The fraction of sp³-hybridized carbons (Fsp3) is 0. The van der Waals surface area contributed by atoms with Gasteiger partial charge in [0.05, 0.1) is 0 Å². The number of hydrogen-bond donors (Lipinski definition) is 2. The largest absolute Gasteiger partial charge is 0.504 e. The van der Waals surface area contributed by atoms with Crippen molar-refractivity contribution in [3.63, 3.8) is 0 Å². The number of phenolic OH excluding ortho intramolecular Hbond substituents is 2. The van der Waals surface area contributed by atoms with E-state index < -0.39 is 22.7 Å². The molecule has 4 nitrogen and oxygen atoms in total. The van der Waals surface area contributed by atoms with E-state index in [2.05, 4.69) is 0 Å². The first-order valence-corrected chi connectivity index (χ1v) is 5.81. The van der Waals surface area contributed by atoms with Crippen LogP contribution in [0.15, 0.2) is 51.7 Å². The Bertz CT molecular complexity index is 853. The summed E-state index contributed by atoms with van der Waals surface area (Å²) >= 11 is 0. The lowest BCUT2D eigenvalue weighted by molar-refractivity contribution is 0.396.